The minimum absolute atomic E-state index is 0.0254. The molecule has 1 aromatic rings. The summed E-state index contributed by atoms with van der Waals surface area (Å²) >= 11 is 0. The molecule has 8 nitrogen and oxygen atoms in total. The average molecular weight is 423 g/mol. The maximum Gasteiger partial charge on any atom is 0.260 e. The zero-order valence-corrected chi connectivity index (χ0v) is 18.4. The van der Waals surface area contributed by atoms with Gasteiger partial charge in [-0.1, -0.05) is 0 Å². The monoisotopic (exact) mass is 422 g/mol. The normalized spacial score (nSPS) is 13.8. The Morgan fingerprint density at radius 3 is 2.23 bits per heavy atom. The number of benzene rings is 1. The van der Waals surface area contributed by atoms with Crippen LogP contribution in [0.15, 0.2) is 18.2 Å². The van der Waals surface area contributed by atoms with E-state index in [-0.39, 0.29) is 18.4 Å². The summed E-state index contributed by atoms with van der Waals surface area (Å²) in [4.78, 5) is 28.9. The third-order valence-corrected chi connectivity index (χ3v) is 4.97. The van der Waals surface area contributed by atoms with Gasteiger partial charge < -0.3 is 28.7 Å². The number of amides is 2. The summed E-state index contributed by atoms with van der Waals surface area (Å²) in [6.45, 7) is 5.62. The van der Waals surface area contributed by atoms with Crippen LogP contribution in [0.5, 0.6) is 11.5 Å². The number of hydrogen-bond acceptors (Lipinski definition) is 6. The van der Waals surface area contributed by atoms with Crippen molar-refractivity contribution in [3.8, 4) is 11.5 Å². The number of rotatable bonds is 12. The van der Waals surface area contributed by atoms with Crippen LogP contribution < -0.4 is 9.47 Å². The topological polar surface area (TPSA) is 77.5 Å². The van der Waals surface area contributed by atoms with E-state index in [4.69, 9.17) is 18.9 Å². The number of methoxy groups -OCH3 is 2. The van der Waals surface area contributed by atoms with Gasteiger partial charge in [0.1, 0.15) is 0 Å². The highest BCUT2D eigenvalue weighted by Crippen LogP contribution is 2.29. The van der Waals surface area contributed by atoms with Crippen molar-refractivity contribution in [2.24, 2.45) is 0 Å². The molecule has 30 heavy (non-hydrogen) atoms. The highest BCUT2D eigenvalue weighted by Gasteiger charge is 2.20. The SMILES string of the molecule is CCOc1cc(C(=O)N(CCOC)CCOC)ccc1OCC(=O)N1CCCCC1. The molecule has 0 aromatic heterocycles. The first-order valence-corrected chi connectivity index (χ1v) is 10.5. The molecule has 0 bridgehead atoms. The largest absolute Gasteiger partial charge is 0.490 e. The fraction of sp³-hybridized carbons (Fsp3) is 0.636. The molecule has 1 fully saturated rings. The Morgan fingerprint density at radius 2 is 1.63 bits per heavy atom. The third-order valence-electron chi connectivity index (χ3n) is 4.97. The Bertz CT molecular complexity index is 668. The van der Waals surface area contributed by atoms with E-state index < -0.39 is 0 Å². The van der Waals surface area contributed by atoms with E-state index in [1.807, 2.05) is 11.8 Å². The van der Waals surface area contributed by atoms with E-state index in [2.05, 4.69) is 0 Å². The van der Waals surface area contributed by atoms with Crippen LogP contribution in [-0.2, 0) is 14.3 Å². The van der Waals surface area contributed by atoms with Gasteiger partial charge in [0, 0.05) is 46.0 Å². The van der Waals surface area contributed by atoms with Crippen molar-refractivity contribution in [1.82, 2.24) is 9.80 Å². The zero-order valence-electron chi connectivity index (χ0n) is 18.4. The van der Waals surface area contributed by atoms with Crippen LogP contribution in [0.3, 0.4) is 0 Å². The van der Waals surface area contributed by atoms with Crippen LogP contribution in [-0.4, -0.2) is 88.4 Å². The molecule has 1 aliphatic heterocycles. The second kappa shape index (κ2) is 13.1. The van der Waals surface area contributed by atoms with E-state index in [0.717, 1.165) is 25.9 Å². The highest BCUT2D eigenvalue weighted by atomic mass is 16.5. The van der Waals surface area contributed by atoms with E-state index in [1.54, 1.807) is 37.3 Å². The molecule has 0 aliphatic carbocycles. The Balaban J connectivity index is 2.08. The molecule has 1 saturated heterocycles. The van der Waals surface area contributed by atoms with Crippen LogP contribution in [0.2, 0.25) is 0 Å². The highest BCUT2D eigenvalue weighted by molar-refractivity contribution is 5.95. The van der Waals surface area contributed by atoms with Crippen molar-refractivity contribution in [2.75, 3.05) is 66.8 Å². The number of likely N-dealkylation sites (tertiary alicyclic amines) is 1. The lowest BCUT2D eigenvalue weighted by Crippen LogP contribution is -2.38. The molecule has 0 atom stereocenters. The molecule has 2 amide bonds. The summed E-state index contributed by atoms with van der Waals surface area (Å²) in [6.07, 6.45) is 3.24. The van der Waals surface area contributed by atoms with Crippen molar-refractivity contribution in [1.29, 1.82) is 0 Å². The number of carbonyl (C=O) groups is 2. The first kappa shape index (κ1) is 24.0. The standard InChI is InChI=1S/C22H34N2O6/c1-4-29-20-16-18(22(26)24(12-14-27-2)13-15-28-3)8-9-19(20)30-17-21(25)23-10-6-5-7-11-23/h8-9,16H,4-7,10-15,17H2,1-3H3. The van der Waals surface area contributed by atoms with Crippen LogP contribution in [0.1, 0.15) is 36.5 Å². The quantitative estimate of drug-likeness (QED) is 0.514. The molecule has 1 aromatic carbocycles. The third kappa shape index (κ3) is 7.18. The summed E-state index contributed by atoms with van der Waals surface area (Å²) in [5.74, 6) is 0.746. The van der Waals surface area contributed by atoms with Crippen molar-refractivity contribution < 1.29 is 28.5 Å². The predicted molar refractivity (Wildman–Crippen MR) is 113 cm³/mol. The minimum atomic E-state index is -0.138. The van der Waals surface area contributed by atoms with Crippen LogP contribution in [0, 0.1) is 0 Å². The summed E-state index contributed by atoms with van der Waals surface area (Å²) in [5.41, 5.74) is 0.486. The van der Waals surface area contributed by atoms with Gasteiger partial charge in [-0.05, 0) is 44.4 Å². The molecule has 2 rings (SSSR count). The molecule has 0 radical (unpaired) electrons. The molecular formula is C22H34N2O6. The van der Waals surface area contributed by atoms with Crippen molar-refractivity contribution >= 4 is 11.8 Å². The molecule has 0 N–H and O–H groups in total. The Hall–Kier alpha value is -2.32. The lowest BCUT2D eigenvalue weighted by Gasteiger charge is -2.26. The van der Waals surface area contributed by atoms with E-state index in [1.165, 1.54) is 6.42 Å². The van der Waals surface area contributed by atoms with E-state index in [0.29, 0.717) is 50.0 Å². The Morgan fingerprint density at radius 1 is 0.967 bits per heavy atom. The number of piperidine rings is 1. The average Bonchev–Trinajstić information content (AvgIpc) is 2.78. The Kier molecular flexibility index (Phi) is 10.4. The molecular weight excluding hydrogens is 388 g/mol. The van der Waals surface area contributed by atoms with E-state index >= 15 is 0 Å². The van der Waals surface area contributed by atoms with Gasteiger partial charge in [0.05, 0.1) is 19.8 Å². The summed E-state index contributed by atoms with van der Waals surface area (Å²) in [5, 5.41) is 0. The molecule has 168 valence electrons. The van der Waals surface area contributed by atoms with Gasteiger partial charge in [-0.2, -0.15) is 0 Å². The fourth-order valence-corrected chi connectivity index (χ4v) is 3.30. The molecule has 0 unspecified atom stereocenters. The van der Waals surface area contributed by atoms with Crippen molar-refractivity contribution in [2.45, 2.75) is 26.2 Å². The smallest absolute Gasteiger partial charge is 0.260 e. The lowest BCUT2D eigenvalue weighted by atomic mass is 10.1. The van der Waals surface area contributed by atoms with Crippen LogP contribution >= 0.6 is 0 Å². The van der Waals surface area contributed by atoms with Gasteiger partial charge in [0.25, 0.3) is 11.8 Å². The molecule has 8 heteroatoms. The zero-order chi connectivity index (χ0) is 21.8. The fourth-order valence-electron chi connectivity index (χ4n) is 3.30. The molecule has 0 spiro atoms. The van der Waals surface area contributed by atoms with E-state index in [9.17, 15) is 9.59 Å². The van der Waals surface area contributed by atoms with Crippen LogP contribution in [0.25, 0.3) is 0 Å². The van der Waals surface area contributed by atoms with Gasteiger partial charge in [0.15, 0.2) is 18.1 Å². The number of carbonyl (C=O) groups excluding carboxylic acids is 2. The van der Waals surface area contributed by atoms with Gasteiger partial charge in [-0.3, -0.25) is 9.59 Å². The minimum Gasteiger partial charge on any atom is -0.490 e. The predicted octanol–water partition coefficient (Wildman–Crippen LogP) is 2.21. The summed E-state index contributed by atoms with van der Waals surface area (Å²) in [7, 11) is 3.20. The summed E-state index contributed by atoms with van der Waals surface area (Å²) < 4.78 is 21.6. The van der Waals surface area contributed by atoms with Gasteiger partial charge >= 0.3 is 0 Å². The Labute approximate surface area is 179 Å². The van der Waals surface area contributed by atoms with Gasteiger partial charge in [-0.25, -0.2) is 0 Å². The maximum atomic E-state index is 13.0. The second-order valence-electron chi connectivity index (χ2n) is 7.10. The molecule has 1 heterocycles. The number of nitrogens with zero attached hydrogens (tertiary/aromatic N) is 2. The second-order valence-corrected chi connectivity index (χ2v) is 7.10. The number of ether oxygens (including phenoxy) is 4. The van der Waals surface area contributed by atoms with Gasteiger partial charge in [0.2, 0.25) is 0 Å². The maximum absolute atomic E-state index is 13.0. The van der Waals surface area contributed by atoms with Crippen molar-refractivity contribution in [3.05, 3.63) is 23.8 Å². The van der Waals surface area contributed by atoms with Gasteiger partial charge in [-0.15, -0.1) is 0 Å². The summed E-state index contributed by atoms with van der Waals surface area (Å²) in [6, 6.07) is 5.05. The van der Waals surface area contributed by atoms with Crippen LogP contribution in [0.4, 0.5) is 0 Å². The molecule has 1 aliphatic rings. The first-order chi connectivity index (χ1) is 14.6. The lowest BCUT2D eigenvalue weighted by molar-refractivity contribution is -0.134. The van der Waals surface area contributed by atoms with Crippen molar-refractivity contribution in [3.63, 3.8) is 0 Å². The molecule has 0 saturated carbocycles. The number of hydrogen-bond donors (Lipinski definition) is 0. The first-order valence-electron chi connectivity index (χ1n) is 10.5.